The van der Waals surface area contributed by atoms with Crippen molar-refractivity contribution in [1.82, 2.24) is 14.7 Å². The second-order valence-corrected chi connectivity index (χ2v) is 14.6. The Morgan fingerprint density at radius 3 is 2.25 bits per heavy atom. The molecule has 3 saturated heterocycles. The van der Waals surface area contributed by atoms with Crippen molar-refractivity contribution in [1.29, 1.82) is 0 Å². The summed E-state index contributed by atoms with van der Waals surface area (Å²) >= 11 is 0. The third-order valence-corrected chi connectivity index (χ3v) is 10.7. The highest BCUT2D eigenvalue weighted by Crippen LogP contribution is 2.48. The molecule has 6 heteroatoms. The van der Waals surface area contributed by atoms with Gasteiger partial charge in [-0.25, -0.2) is 4.79 Å². The van der Waals surface area contributed by atoms with Crippen LogP contribution in [-0.2, 0) is 9.53 Å². The normalized spacial score (nSPS) is 27.6. The fourth-order valence-corrected chi connectivity index (χ4v) is 7.87. The molecule has 6 nitrogen and oxygen atoms in total. The van der Waals surface area contributed by atoms with E-state index in [1.54, 1.807) is 0 Å². The van der Waals surface area contributed by atoms with Crippen LogP contribution in [0.2, 0.25) is 0 Å². The van der Waals surface area contributed by atoms with Crippen LogP contribution in [0.3, 0.4) is 0 Å². The summed E-state index contributed by atoms with van der Waals surface area (Å²) < 4.78 is 5.50. The summed E-state index contributed by atoms with van der Waals surface area (Å²) in [5, 5.41) is 0. The number of ether oxygens (including phenoxy) is 1. The standard InChI is InChI=1S/C34H51N3O3/c1-7-25-13-15-26(16-14-25)28-21-36(32(2,3)4)22-29(28)30(38)35-19-17-34(18-20-35,27-11-9-8-10-12-27)23-37-31(39)40-24-33(37,5)6/h7,13-16,27-29H,1,8-12,17-24H2,2-6H3. The molecule has 40 heavy (non-hydrogen) atoms. The van der Waals surface area contributed by atoms with Gasteiger partial charge in [-0.2, -0.15) is 0 Å². The first kappa shape index (κ1) is 29.2. The lowest BCUT2D eigenvalue weighted by molar-refractivity contribution is -0.139. The molecule has 3 heterocycles. The first-order chi connectivity index (χ1) is 18.9. The van der Waals surface area contributed by atoms with Crippen LogP contribution in [0.25, 0.3) is 6.08 Å². The van der Waals surface area contributed by atoms with E-state index in [0.29, 0.717) is 18.4 Å². The molecule has 3 aliphatic heterocycles. The van der Waals surface area contributed by atoms with E-state index in [0.717, 1.165) is 51.1 Å². The lowest BCUT2D eigenvalue weighted by Crippen LogP contribution is -2.55. The van der Waals surface area contributed by atoms with Crippen molar-refractivity contribution in [2.24, 2.45) is 17.3 Å². The number of hydrogen-bond donors (Lipinski definition) is 0. The van der Waals surface area contributed by atoms with E-state index in [-0.39, 0.29) is 34.4 Å². The Morgan fingerprint density at radius 2 is 1.70 bits per heavy atom. The molecule has 1 aliphatic carbocycles. The van der Waals surface area contributed by atoms with Gasteiger partial charge in [-0.05, 0) is 82.8 Å². The van der Waals surface area contributed by atoms with Crippen LogP contribution < -0.4 is 0 Å². The maximum atomic E-state index is 14.3. The number of likely N-dealkylation sites (tertiary alicyclic amines) is 2. The number of amides is 2. The van der Waals surface area contributed by atoms with E-state index in [2.05, 4.69) is 75.3 Å². The maximum Gasteiger partial charge on any atom is 0.410 e. The zero-order chi connectivity index (χ0) is 28.7. The molecule has 2 atom stereocenters. The Morgan fingerprint density at radius 1 is 1.05 bits per heavy atom. The van der Waals surface area contributed by atoms with Gasteiger partial charge in [0.2, 0.25) is 5.91 Å². The van der Waals surface area contributed by atoms with E-state index in [4.69, 9.17) is 4.74 Å². The largest absolute Gasteiger partial charge is 0.447 e. The van der Waals surface area contributed by atoms with Gasteiger partial charge in [-0.15, -0.1) is 0 Å². The number of cyclic esters (lactones) is 1. The van der Waals surface area contributed by atoms with Gasteiger partial charge in [0, 0.05) is 44.2 Å². The van der Waals surface area contributed by atoms with Gasteiger partial charge >= 0.3 is 6.09 Å². The van der Waals surface area contributed by atoms with Gasteiger partial charge in [0.15, 0.2) is 0 Å². The van der Waals surface area contributed by atoms with Gasteiger partial charge in [0.25, 0.3) is 0 Å². The van der Waals surface area contributed by atoms with E-state index in [1.165, 1.54) is 37.7 Å². The molecule has 4 aliphatic rings. The summed E-state index contributed by atoms with van der Waals surface area (Å²) in [4.78, 5) is 33.7. The van der Waals surface area contributed by atoms with Crippen molar-refractivity contribution in [2.75, 3.05) is 39.3 Å². The van der Waals surface area contributed by atoms with Crippen molar-refractivity contribution in [3.8, 4) is 0 Å². The average molecular weight is 550 g/mol. The summed E-state index contributed by atoms with van der Waals surface area (Å²) in [7, 11) is 0. The Labute approximate surface area is 242 Å². The van der Waals surface area contributed by atoms with E-state index in [9.17, 15) is 9.59 Å². The van der Waals surface area contributed by atoms with Crippen molar-refractivity contribution < 1.29 is 14.3 Å². The third-order valence-electron chi connectivity index (χ3n) is 10.7. The average Bonchev–Trinajstić information content (AvgIpc) is 3.51. The highest BCUT2D eigenvalue weighted by Gasteiger charge is 2.50. The molecule has 1 saturated carbocycles. The number of carbonyl (C=O) groups excluding carboxylic acids is 2. The molecule has 0 aromatic heterocycles. The van der Waals surface area contributed by atoms with E-state index < -0.39 is 0 Å². The lowest BCUT2D eigenvalue weighted by Gasteiger charge is -2.51. The third kappa shape index (κ3) is 5.70. The van der Waals surface area contributed by atoms with Crippen molar-refractivity contribution >= 4 is 18.1 Å². The topological polar surface area (TPSA) is 53.1 Å². The minimum absolute atomic E-state index is 0.0174. The van der Waals surface area contributed by atoms with Crippen LogP contribution in [-0.4, -0.2) is 77.1 Å². The summed E-state index contributed by atoms with van der Waals surface area (Å²) in [6, 6.07) is 8.62. The second-order valence-electron chi connectivity index (χ2n) is 14.6. The molecule has 1 aromatic rings. The summed E-state index contributed by atoms with van der Waals surface area (Å²) in [6.07, 6.45) is 9.99. The molecule has 220 valence electrons. The molecule has 0 bridgehead atoms. The quantitative estimate of drug-likeness (QED) is 0.403. The number of nitrogens with zero attached hydrogens (tertiary/aromatic N) is 3. The molecule has 0 spiro atoms. The van der Waals surface area contributed by atoms with Crippen LogP contribution in [0, 0.1) is 17.3 Å². The molecule has 2 amide bonds. The Balaban J connectivity index is 1.35. The number of hydrogen-bond acceptors (Lipinski definition) is 4. The van der Waals surface area contributed by atoms with Gasteiger partial charge in [-0.3, -0.25) is 14.6 Å². The van der Waals surface area contributed by atoms with Crippen LogP contribution in [0.5, 0.6) is 0 Å². The number of piperidine rings is 1. The van der Waals surface area contributed by atoms with Gasteiger partial charge in [0.1, 0.15) is 6.61 Å². The molecule has 0 radical (unpaired) electrons. The molecular weight excluding hydrogens is 498 g/mol. The predicted octanol–water partition coefficient (Wildman–Crippen LogP) is 6.56. The van der Waals surface area contributed by atoms with Crippen LogP contribution in [0.1, 0.15) is 96.6 Å². The Bertz CT molecular complexity index is 1070. The maximum absolute atomic E-state index is 14.3. The minimum Gasteiger partial charge on any atom is -0.447 e. The van der Waals surface area contributed by atoms with Crippen molar-refractivity contribution in [3.63, 3.8) is 0 Å². The van der Waals surface area contributed by atoms with E-state index in [1.807, 2.05) is 11.0 Å². The van der Waals surface area contributed by atoms with Gasteiger partial charge < -0.3 is 9.64 Å². The fraction of sp³-hybridized carbons (Fsp3) is 0.706. The number of benzene rings is 1. The van der Waals surface area contributed by atoms with Crippen LogP contribution in [0.15, 0.2) is 30.8 Å². The molecule has 0 N–H and O–H groups in total. The van der Waals surface area contributed by atoms with Gasteiger partial charge in [0.05, 0.1) is 11.5 Å². The fourth-order valence-electron chi connectivity index (χ4n) is 7.87. The van der Waals surface area contributed by atoms with E-state index >= 15 is 0 Å². The molecule has 4 fully saturated rings. The molecule has 5 rings (SSSR count). The lowest BCUT2D eigenvalue weighted by atomic mass is 9.63. The zero-order valence-electron chi connectivity index (χ0n) is 25.6. The molecular formula is C34H51N3O3. The first-order valence-electron chi connectivity index (χ1n) is 15.6. The minimum atomic E-state index is -0.277. The second kappa shape index (κ2) is 11.2. The highest BCUT2D eigenvalue weighted by atomic mass is 16.6. The number of rotatable bonds is 6. The Kier molecular flexibility index (Phi) is 8.13. The van der Waals surface area contributed by atoms with Crippen LogP contribution in [0.4, 0.5) is 4.79 Å². The monoisotopic (exact) mass is 549 g/mol. The molecule has 1 aromatic carbocycles. The van der Waals surface area contributed by atoms with Crippen LogP contribution >= 0.6 is 0 Å². The Hall–Kier alpha value is -2.34. The van der Waals surface area contributed by atoms with Crippen molar-refractivity contribution in [2.45, 2.75) is 96.6 Å². The zero-order valence-corrected chi connectivity index (χ0v) is 25.6. The summed E-state index contributed by atoms with van der Waals surface area (Å²) in [5.74, 6) is 1.07. The summed E-state index contributed by atoms with van der Waals surface area (Å²) in [5.41, 5.74) is 2.16. The number of carbonyl (C=O) groups is 2. The highest BCUT2D eigenvalue weighted by molar-refractivity contribution is 5.81. The van der Waals surface area contributed by atoms with Gasteiger partial charge in [-0.1, -0.05) is 56.2 Å². The molecule has 2 unspecified atom stereocenters. The van der Waals surface area contributed by atoms with Crippen molar-refractivity contribution in [3.05, 3.63) is 42.0 Å². The summed E-state index contributed by atoms with van der Waals surface area (Å²) in [6.45, 7) is 19.4. The predicted molar refractivity (Wildman–Crippen MR) is 161 cm³/mol. The SMILES string of the molecule is C=Cc1ccc(C2CN(C(C)(C)C)CC2C(=O)N2CCC(CN3C(=O)OCC3(C)C)(C3CCCCC3)CC2)cc1. The first-order valence-corrected chi connectivity index (χ1v) is 15.6. The smallest absolute Gasteiger partial charge is 0.410 e.